The van der Waals surface area contributed by atoms with Crippen LogP contribution >= 0.6 is 0 Å². The van der Waals surface area contributed by atoms with E-state index in [1.165, 1.54) is 90.0 Å². The first-order valence-corrected chi connectivity index (χ1v) is 14.4. The fourth-order valence-corrected chi connectivity index (χ4v) is 4.97. The zero-order valence-corrected chi connectivity index (χ0v) is 22.9. The van der Waals surface area contributed by atoms with Gasteiger partial charge in [-0.15, -0.1) is 0 Å². The molecule has 1 heterocycles. The summed E-state index contributed by atoms with van der Waals surface area (Å²) in [6, 6.07) is 0.378. The van der Waals surface area contributed by atoms with Crippen molar-refractivity contribution < 1.29 is 4.79 Å². The van der Waals surface area contributed by atoms with E-state index in [2.05, 4.69) is 48.1 Å². The Morgan fingerprint density at radius 1 is 0.697 bits per heavy atom. The van der Waals surface area contributed by atoms with E-state index >= 15 is 0 Å². The third kappa shape index (κ3) is 17.4. The maximum atomic E-state index is 12.6. The number of amides is 1. The molecule has 196 valence electrons. The molecule has 0 saturated carbocycles. The lowest BCUT2D eigenvalue weighted by molar-refractivity contribution is -0.122. The number of nitrogens with zero attached hydrogens (tertiary/aromatic N) is 3. The number of hydrogen-bond donors (Lipinski definition) is 1. The molecule has 0 aromatic heterocycles. The highest BCUT2D eigenvalue weighted by Gasteiger charge is 2.18. The van der Waals surface area contributed by atoms with Gasteiger partial charge in [0.15, 0.2) is 0 Å². The van der Waals surface area contributed by atoms with Crippen molar-refractivity contribution in [2.75, 3.05) is 60.4 Å². The molecule has 1 N–H and O–H groups in total. The molecular formula is C28H58N4O. The summed E-state index contributed by atoms with van der Waals surface area (Å²) in [5.74, 6) is 0.239. The van der Waals surface area contributed by atoms with Gasteiger partial charge in [-0.25, -0.2) is 0 Å². The van der Waals surface area contributed by atoms with Crippen LogP contribution in [0, 0.1) is 0 Å². The van der Waals surface area contributed by atoms with E-state index in [0.717, 1.165) is 45.6 Å². The van der Waals surface area contributed by atoms with E-state index in [1.54, 1.807) is 0 Å². The van der Waals surface area contributed by atoms with E-state index in [1.807, 2.05) is 0 Å². The predicted octanol–water partition coefficient (Wildman–Crippen LogP) is 5.54. The highest BCUT2D eigenvalue weighted by Crippen LogP contribution is 2.16. The Hall–Kier alpha value is -0.650. The van der Waals surface area contributed by atoms with Crippen molar-refractivity contribution in [2.45, 2.75) is 116 Å². The lowest BCUT2D eigenvalue weighted by Crippen LogP contribution is -2.39. The predicted molar refractivity (Wildman–Crippen MR) is 144 cm³/mol. The fourth-order valence-electron chi connectivity index (χ4n) is 4.97. The number of hydrogen-bond acceptors (Lipinski definition) is 4. The molecule has 0 aromatic carbocycles. The SMILES string of the molecule is CCCCCCCCCCCCC1CC(=O)NCCCN(C)CCCCN(C)CCCN1C. The zero-order valence-electron chi connectivity index (χ0n) is 22.9. The second kappa shape index (κ2) is 20.7. The van der Waals surface area contributed by atoms with Crippen molar-refractivity contribution in [3.05, 3.63) is 0 Å². The number of unbranched alkanes of at least 4 members (excludes halogenated alkanes) is 9. The molecule has 1 atom stereocenters. The molecule has 5 nitrogen and oxygen atoms in total. The molecule has 0 spiro atoms. The lowest BCUT2D eigenvalue weighted by Gasteiger charge is -2.28. The molecule has 0 bridgehead atoms. The third-order valence-electron chi connectivity index (χ3n) is 7.35. The summed E-state index contributed by atoms with van der Waals surface area (Å²) >= 11 is 0. The van der Waals surface area contributed by atoms with Gasteiger partial charge in [-0.1, -0.05) is 71.1 Å². The van der Waals surface area contributed by atoms with Crippen LogP contribution in [-0.2, 0) is 4.79 Å². The van der Waals surface area contributed by atoms with E-state index < -0.39 is 0 Å². The van der Waals surface area contributed by atoms with Gasteiger partial charge in [-0.2, -0.15) is 0 Å². The first-order valence-electron chi connectivity index (χ1n) is 14.4. The van der Waals surface area contributed by atoms with Crippen LogP contribution < -0.4 is 5.32 Å². The Balaban J connectivity index is 2.39. The molecule has 0 aliphatic carbocycles. The first-order chi connectivity index (χ1) is 16.0. The van der Waals surface area contributed by atoms with Crippen molar-refractivity contribution in [1.29, 1.82) is 0 Å². The molecule has 1 fully saturated rings. The second-order valence-corrected chi connectivity index (χ2v) is 10.7. The van der Waals surface area contributed by atoms with Crippen LogP contribution in [0.1, 0.15) is 110 Å². The standard InChI is InChI=1S/C28H58N4O/c1-5-6-7-8-9-10-11-12-13-14-19-27-26-28(33)29-20-17-23-30(2)21-15-16-22-31(3)24-18-25-32(27)4/h27H,5-26H2,1-4H3,(H,29,33). The maximum absolute atomic E-state index is 12.6. The van der Waals surface area contributed by atoms with Gasteiger partial charge in [0.05, 0.1) is 0 Å². The maximum Gasteiger partial charge on any atom is 0.221 e. The van der Waals surface area contributed by atoms with Gasteiger partial charge in [0, 0.05) is 19.0 Å². The van der Waals surface area contributed by atoms with Crippen molar-refractivity contribution >= 4 is 5.91 Å². The minimum Gasteiger partial charge on any atom is -0.356 e. The van der Waals surface area contributed by atoms with Gasteiger partial charge >= 0.3 is 0 Å². The van der Waals surface area contributed by atoms with Crippen LogP contribution in [0.4, 0.5) is 0 Å². The minimum absolute atomic E-state index is 0.239. The minimum atomic E-state index is 0.239. The van der Waals surface area contributed by atoms with Crippen LogP contribution in [0.3, 0.4) is 0 Å². The van der Waals surface area contributed by atoms with Gasteiger partial charge in [0.2, 0.25) is 5.91 Å². The van der Waals surface area contributed by atoms with Crippen LogP contribution in [0.15, 0.2) is 0 Å². The van der Waals surface area contributed by atoms with Crippen molar-refractivity contribution in [3.8, 4) is 0 Å². The largest absolute Gasteiger partial charge is 0.356 e. The summed E-state index contributed by atoms with van der Waals surface area (Å²) in [5, 5.41) is 3.19. The van der Waals surface area contributed by atoms with Crippen molar-refractivity contribution in [1.82, 2.24) is 20.0 Å². The summed E-state index contributed by atoms with van der Waals surface area (Å²) < 4.78 is 0. The molecule has 5 heteroatoms. The number of rotatable bonds is 11. The Morgan fingerprint density at radius 3 is 1.82 bits per heavy atom. The zero-order chi connectivity index (χ0) is 24.2. The Bertz CT molecular complexity index is 459. The molecule has 1 amide bonds. The van der Waals surface area contributed by atoms with E-state index in [9.17, 15) is 4.79 Å². The molecule has 0 aromatic rings. The highest BCUT2D eigenvalue weighted by atomic mass is 16.1. The van der Waals surface area contributed by atoms with Gasteiger partial charge in [0.1, 0.15) is 0 Å². The molecule has 0 radical (unpaired) electrons. The molecule has 1 saturated heterocycles. The quantitative estimate of drug-likeness (QED) is 0.406. The van der Waals surface area contributed by atoms with Crippen LogP contribution in [0.2, 0.25) is 0 Å². The smallest absolute Gasteiger partial charge is 0.221 e. The van der Waals surface area contributed by atoms with Gasteiger partial charge in [0.25, 0.3) is 0 Å². The molecule has 1 aliphatic rings. The summed E-state index contributed by atoms with van der Waals surface area (Å²) in [4.78, 5) is 20.0. The molecule has 1 unspecified atom stereocenters. The van der Waals surface area contributed by atoms with E-state index in [0.29, 0.717) is 12.5 Å². The summed E-state index contributed by atoms with van der Waals surface area (Å²) in [5.41, 5.74) is 0. The second-order valence-electron chi connectivity index (χ2n) is 10.7. The molecular weight excluding hydrogens is 408 g/mol. The van der Waals surface area contributed by atoms with Gasteiger partial charge in [-0.05, 0) is 86.0 Å². The van der Waals surface area contributed by atoms with Gasteiger partial charge < -0.3 is 20.0 Å². The topological polar surface area (TPSA) is 38.8 Å². The average molecular weight is 467 g/mol. The summed E-state index contributed by atoms with van der Waals surface area (Å²) in [6.45, 7) is 8.75. The third-order valence-corrected chi connectivity index (χ3v) is 7.35. The fraction of sp³-hybridized carbons (Fsp3) is 0.964. The van der Waals surface area contributed by atoms with Crippen molar-refractivity contribution in [3.63, 3.8) is 0 Å². The number of nitrogens with one attached hydrogen (secondary N) is 1. The molecule has 1 aliphatic heterocycles. The lowest BCUT2D eigenvalue weighted by atomic mass is 10.0. The average Bonchev–Trinajstić information content (AvgIpc) is 2.79. The highest BCUT2D eigenvalue weighted by molar-refractivity contribution is 5.76. The van der Waals surface area contributed by atoms with Crippen LogP contribution in [-0.4, -0.2) is 87.1 Å². The summed E-state index contributed by atoms with van der Waals surface area (Å²) in [7, 11) is 6.70. The van der Waals surface area contributed by atoms with E-state index in [-0.39, 0.29) is 5.91 Å². The van der Waals surface area contributed by atoms with Crippen molar-refractivity contribution in [2.24, 2.45) is 0 Å². The number of carbonyl (C=O) groups excluding carboxylic acids is 1. The molecule has 1 rings (SSSR count). The Labute approximate surface area is 207 Å². The first kappa shape index (κ1) is 30.4. The summed E-state index contributed by atoms with van der Waals surface area (Å²) in [6.07, 6.45) is 20.2. The van der Waals surface area contributed by atoms with Crippen LogP contribution in [0.5, 0.6) is 0 Å². The Morgan fingerprint density at radius 2 is 1.21 bits per heavy atom. The normalized spacial score (nSPS) is 22.2. The molecule has 33 heavy (non-hydrogen) atoms. The Kier molecular flexibility index (Phi) is 19.1. The van der Waals surface area contributed by atoms with Crippen LogP contribution in [0.25, 0.3) is 0 Å². The van der Waals surface area contributed by atoms with E-state index in [4.69, 9.17) is 0 Å². The monoisotopic (exact) mass is 466 g/mol. The van der Waals surface area contributed by atoms with Gasteiger partial charge in [-0.3, -0.25) is 4.79 Å². The number of carbonyl (C=O) groups is 1.